The second-order valence-electron chi connectivity index (χ2n) is 10.1. The van der Waals surface area contributed by atoms with Crippen molar-refractivity contribution in [2.75, 3.05) is 0 Å². The SMILES string of the molecule is CC(NC(=O)c1ccn2cc(-c3ccccc3)nc2c1)C12CC3CC(CC(C3)C1)C2. The maximum absolute atomic E-state index is 13.1. The summed E-state index contributed by atoms with van der Waals surface area (Å²) in [6, 6.07) is 14.2. The summed E-state index contributed by atoms with van der Waals surface area (Å²) in [5.41, 5.74) is 3.84. The van der Waals surface area contributed by atoms with E-state index in [1.165, 1.54) is 38.5 Å². The molecule has 7 rings (SSSR count). The van der Waals surface area contributed by atoms with Crippen LogP contribution in [-0.2, 0) is 0 Å². The number of carbonyl (C=O) groups is 1. The van der Waals surface area contributed by atoms with Gasteiger partial charge in [0.25, 0.3) is 5.91 Å². The standard InChI is InChI=1S/C26H29N3O/c1-17(26-13-18-9-19(14-26)11-20(10-18)15-26)27-25(30)22-7-8-29-16-23(28-24(29)12-22)21-5-3-2-4-6-21/h2-8,12,16-20H,9-11,13-15H2,1H3,(H,27,30). The number of hydrogen-bond donors (Lipinski definition) is 1. The number of nitrogens with one attached hydrogen (secondary N) is 1. The first kappa shape index (κ1) is 18.2. The van der Waals surface area contributed by atoms with Gasteiger partial charge < -0.3 is 9.72 Å². The van der Waals surface area contributed by atoms with Crippen LogP contribution in [0.25, 0.3) is 16.9 Å². The van der Waals surface area contributed by atoms with E-state index >= 15 is 0 Å². The van der Waals surface area contributed by atoms with Gasteiger partial charge in [-0.25, -0.2) is 4.98 Å². The normalized spacial score (nSPS) is 30.5. The molecule has 4 aliphatic rings. The number of rotatable bonds is 4. The van der Waals surface area contributed by atoms with Crippen molar-refractivity contribution in [1.29, 1.82) is 0 Å². The van der Waals surface area contributed by atoms with Gasteiger partial charge in [-0.2, -0.15) is 0 Å². The first-order chi connectivity index (χ1) is 14.6. The van der Waals surface area contributed by atoms with E-state index in [2.05, 4.69) is 24.4 Å². The van der Waals surface area contributed by atoms with Gasteiger partial charge in [0.1, 0.15) is 5.65 Å². The molecule has 4 bridgehead atoms. The fourth-order valence-corrected chi connectivity index (χ4v) is 7.01. The molecule has 1 aromatic carbocycles. The van der Waals surface area contributed by atoms with Crippen LogP contribution in [0.1, 0.15) is 55.8 Å². The summed E-state index contributed by atoms with van der Waals surface area (Å²) in [4.78, 5) is 17.9. The smallest absolute Gasteiger partial charge is 0.251 e. The van der Waals surface area contributed by atoms with E-state index in [-0.39, 0.29) is 11.9 Å². The highest BCUT2D eigenvalue weighted by molar-refractivity contribution is 5.95. The molecule has 4 fully saturated rings. The van der Waals surface area contributed by atoms with Gasteiger partial charge in [0.15, 0.2) is 0 Å². The number of aromatic nitrogens is 2. The van der Waals surface area contributed by atoms with E-state index in [0.717, 1.165) is 34.7 Å². The van der Waals surface area contributed by atoms with E-state index in [0.29, 0.717) is 11.0 Å². The van der Waals surface area contributed by atoms with E-state index in [9.17, 15) is 4.79 Å². The van der Waals surface area contributed by atoms with Crippen molar-refractivity contribution in [3.8, 4) is 11.3 Å². The first-order valence-corrected chi connectivity index (χ1v) is 11.4. The monoisotopic (exact) mass is 399 g/mol. The Kier molecular flexibility index (Phi) is 4.06. The van der Waals surface area contributed by atoms with Gasteiger partial charge in [-0.15, -0.1) is 0 Å². The van der Waals surface area contributed by atoms with Crippen molar-refractivity contribution in [3.63, 3.8) is 0 Å². The molecule has 4 aliphatic carbocycles. The van der Waals surface area contributed by atoms with Crippen LogP contribution in [0.3, 0.4) is 0 Å². The second kappa shape index (κ2) is 6.69. The largest absolute Gasteiger partial charge is 0.349 e. The van der Waals surface area contributed by atoms with Gasteiger partial charge in [-0.05, 0) is 80.8 Å². The molecule has 2 heterocycles. The molecule has 0 aliphatic heterocycles. The molecule has 30 heavy (non-hydrogen) atoms. The summed E-state index contributed by atoms with van der Waals surface area (Å²) < 4.78 is 1.99. The molecule has 2 aromatic heterocycles. The van der Waals surface area contributed by atoms with E-state index in [4.69, 9.17) is 4.98 Å². The Balaban J connectivity index is 1.23. The summed E-state index contributed by atoms with van der Waals surface area (Å²) >= 11 is 0. The minimum absolute atomic E-state index is 0.0324. The van der Waals surface area contributed by atoms with Gasteiger partial charge in [0.05, 0.1) is 5.69 Å². The predicted octanol–water partition coefficient (Wildman–Crippen LogP) is 5.34. The van der Waals surface area contributed by atoms with Gasteiger partial charge in [-0.1, -0.05) is 30.3 Å². The van der Waals surface area contributed by atoms with Crippen LogP contribution >= 0.6 is 0 Å². The molecule has 1 N–H and O–H groups in total. The summed E-state index contributed by atoms with van der Waals surface area (Å²) in [6.45, 7) is 2.24. The predicted molar refractivity (Wildman–Crippen MR) is 118 cm³/mol. The van der Waals surface area contributed by atoms with Crippen LogP contribution in [0, 0.1) is 23.2 Å². The van der Waals surface area contributed by atoms with Gasteiger partial charge >= 0.3 is 0 Å². The lowest BCUT2D eigenvalue weighted by Crippen LogP contribution is -2.55. The molecule has 1 atom stereocenters. The van der Waals surface area contributed by atoms with Crippen LogP contribution in [0.15, 0.2) is 54.9 Å². The Bertz CT molecular complexity index is 1060. The lowest BCUT2D eigenvalue weighted by molar-refractivity contribution is -0.0688. The number of pyridine rings is 1. The second-order valence-corrected chi connectivity index (χ2v) is 10.1. The number of imidazole rings is 1. The van der Waals surface area contributed by atoms with Gasteiger partial charge in [-0.3, -0.25) is 4.79 Å². The molecule has 0 spiro atoms. The molecule has 4 nitrogen and oxygen atoms in total. The minimum Gasteiger partial charge on any atom is -0.349 e. The van der Waals surface area contributed by atoms with E-state index in [1.807, 2.05) is 47.1 Å². The van der Waals surface area contributed by atoms with Crippen molar-refractivity contribution in [1.82, 2.24) is 14.7 Å². The van der Waals surface area contributed by atoms with Crippen molar-refractivity contribution in [3.05, 3.63) is 60.4 Å². The molecule has 0 radical (unpaired) electrons. The molecule has 4 heteroatoms. The van der Waals surface area contributed by atoms with Crippen molar-refractivity contribution >= 4 is 11.6 Å². The Hall–Kier alpha value is -2.62. The summed E-state index contributed by atoms with van der Waals surface area (Å²) in [5, 5.41) is 3.38. The molecular weight excluding hydrogens is 370 g/mol. The van der Waals surface area contributed by atoms with Crippen molar-refractivity contribution < 1.29 is 4.79 Å². The van der Waals surface area contributed by atoms with Crippen LogP contribution in [0.4, 0.5) is 0 Å². The zero-order valence-electron chi connectivity index (χ0n) is 17.6. The van der Waals surface area contributed by atoms with Crippen molar-refractivity contribution in [2.24, 2.45) is 23.2 Å². The van der Waals surface area contributed by atoms with Crippen LogP contribution < -0.4 is 5.32 Å². The average molecular weight is 400 g/mol. The maximum atomic E-state index is 13.1. The average Bonchev–Trinajstić information content (AvgIpc) is 3.17. The van der Waals surface area contributed by atoms with E-state index < -0.39 is 0 Å². The summed E-state index contributed by atoms with van der Waals surface area (Å²) in [5.74, 6) is 2.72. The zero-order valence-corrected chi connectivity index (χ0v) is 17.6. The third-order valence-electron chi connectivity index (χ3n) is 8.14. The number of benzene rings is 1. The number of nitrogens with zero attached hydrogens (tertiary/aromatic N) is 2. The lowest BCUT2D eigenvalue weighted by atomic mass is 9.48. The number of amides is 1. The molecule has 4 saturated carbocycles. The number of fused-ring (bicyclic) bond motifs is 1. The van der Waals surface area contributed by atoms with Crippen LogP contribution in [0.2, 0.25) is 0 Å². The third kappa shape index (κ3) is 2.96. The number of hydrogen-bond acceptors (Lipinski definition) is 2. The van der Waals surface area contributed by atoms with Gasteiger partial charge in [0, 0.05) is 29.6 Å². The van der Waals surface area contributed by atoms with Crippen molar-refractivity contribution in [2.45, 2.75) is 51.5 Å². The summed E-state index contributed by atoms with van der Waals surface area (Å²) in [6.07, 6.45) is 12.2. The Morgan fingerprint density at radius 3 is 2.40 bits per heavy atom. The fourth-order valence-electron chi connectivity index (χ4n) is 7.01. The highest BCUT2D eigenvalue weighted by atomic mass is 16.1. The Labute approximate surface area is 177 Å². The summed E-state index contributed by atoms with van der Waals surface area (Å²) in [7, 11) is 0. The Morgan fingerprint density at radius 2 is 1.73 bits per heavy atom. The molecule has 154 valence electrons. The fraction of sp³-hybridized carbons (Fsp3) is 0.462. The first-order valence-electron chi connectivity index (χ1n) is 11.4. The molecule has 3 aromatic rings. The zero-order chi connectivity index (χ0) is 20.3. The molecule has 1 amide bonds. The highest BCUT2D eigenvalue weighted by Crippen LogP contribution is 2.61. The van der Waals surface area contributed by atoms with Crippen LogP contribution in [-0.4, -0.2) is 21.3 Å². The lowest BCUT2D eigenvalue weighted by Gasteiger charge is -2.59. The quantitative estimate of drug-likeness (QED) is 0.644. The van der Waals surface area contributed by atoms with Gasteiger partial charge in [0.2, 0.25) is 0 Å². The third-order valence-corrected chi connectivity index (χ3v) is 8.14. The minimum atomic E-state index is 0.0324. The molecule has 1 unspecified atom stereocenters. The maximum Gasteiger partial charge on any atom is 0.251 e. The highest BCUT2D eigenvalue weighted by Gasteiger charge is 2.53. The Morgan fingerprint density at radius 1 is 1.07 bits per heavy atom. The van der Waals surface area contributed by atoms with Crippen LogP contribution in [0.5, 0.6) is 0 Å². The molecule has 0 saturated heterocycles. The number of carbonyl (C=O) groups excluding carboxylic acids is 1. The topological polar surface area (TPSA) is 46.4 Å². The molecular formula is C26H29N3O. The van der Waals surface area contributed by atoms with E-state index in [1.54, 1.807) is 0 Å².